The van der Waals surface area contributed by atoms with Crippen molar-refractivity contribution < 1.29 is 4.79 Å². The maximum Gasteiger partial charge on any atom is 0.253 e. The molecule has 0 bridgehead atoms. The zero-order valence-corrected chi connectivity index (χ0v) is 16.1. The normalized spacial score (nSPS) is 17.0. The minimum Gasteiger partial charge on any atom is -0.338 e. The Morgan fingerprint density at radius 1 is 1.25 bits per heavy atom. The number of piperidine rings is 1. The van der Waals surface area contributed by atoms with Gasteiger partial charge in [-0.05, 0) is 54.0 Å². The van der Waals surface area contributed by atoms with Crippen molar-refractivity contribution in [2.45, 2.75) is 45.1 Å². The predicted molar refractivity (Wildman–Crippen MR) is 104 cm³/mol. The predicted octanol–water partition coefficient (Wildman–Crippen LogP) is 2.68. The monoisotopic (exact) mass is 379 g/mol. The molecule has 4 rings (SSSR count). The van der Waals surface area contributed by atoms with Crippen LogP contribution in [0.2, 0.25) is 0 Å². The number of carbonyl (C=O) groups excluding carboxylic acids is 1. The summed E-state index contributed by atoms with van der Waals surface area (Å²) in [6.07, 6.45) is 9.85. The van der Waals surface area contributed by atoms with E-state index in [4.69, 9.17) is 0 Å². The Labute approximate surface area is 164 Å². The molecule has 1 aliphatic rings. The number of amides is 1. The molecule has 2 aromatic heterocycles. The molecule has 1 aliphatic heterocycles. The van der Waals surface area contributed by atoms with E-state index in [1.165, 1.54) is 6.33 Å². The molecule has 0 saturated carbocycles. The fourth-order valence-corrected chi connectivity index (χ4v) is 3.79. The lowest BCUT2D eigenvalue weighted by Gasteiger charge is -2.33. The summed E-state index contributed by atoms with van der Waals surface area (Å²) in [5, 5.41) is 11.1. The molecule has 3 aromatic rings. The number of benzene rings is 1. The topological polar surface area (TPSA) is 81.7 Å². The number of hydrogen-bond acceptors (Lipinski definition) is 5. The van der Waals surface area contributed by atoms with E-state index in [9.17, 15) is 4.79 Å². The summed E-state index contributed by atoms with van der Waals surface area (Å²) in [6.45, 7) is 4.70. The first-order valence-electron chi connectivity index (χ1n) is 9.90. The van der Waals surface area contributed by atoms with E-state index < -0.39 is 0 Å². The highest BCUT2D eigenvalue weighted by molar-refractivity contribution is 5.94. The summed E-state index contributed by atoms with van der Waals surface area (Å²) in [5.74, 6) is 1.48. The largest absolute Gasteiger partial charge is 0.338 e. The second-order valence-corrected chi connectivity index (χ2v) is 7.22. The van der Waals surface area contributed by atoms with E-state index in [2.05, 4.69) is 38.2 Å². The average molecular weight is 379 g/mol. The molecule has 0 spiro atoms. The van der Waals surface area contributed by atoms with Crippen LogP contribution >= 0.6 is 0 Å². The number of aromatic nitrogens is 6. The first kappa shape index (κ1) is 18.3. The van der Waals surface area contributed by atoms with E-state index in [1.807, 2.05) is 35.4 Å². The number of unbranched alkanes of at least 4 members (excludes halogenated alkanes) is 1. The summed E-state index contributed by atoms with van der Waals surface area (Å²) in [4.78, 5) is 19.6. The lowest BCUT2D eigenvalue weighted by Crippen LogP contribution is -2.39. The minimum absolute atomic E-state index is 0.0691. The Hall–Kier alpha value is -3.03. The molecule has 0 radical (unpaired) electrons. The first-order valence-corrected chi connectivity index (χ1v) is 9.90. The molecule has 1 saturated heterocycles. The summed E-state index contributed by atoms with van der Waals surface area (Å²) in [6, 6.07) is 7.40. The third kappa shape index (κ3) is 3.81. The van der Waals surface area contributed by atoms with Crippen molar-refractivity contribution in [2.75, 3.05) is 13.1 Å². The van der Waals surface area contributed by atoms with E-state index in [0.717, 1.165) is 56.8 Å². The Bertz CT molecular complexity index is 901. The van der Waals surface area contributed by atoms with Gasteiger partial charge in [0.15, 0.2) is 0 Å². The quantitative estimate of drug-likeness (QED) is 0.658. The fourth-order valence-electron chi connectivity index (χ4n) is 3.79. The van der Waals surface area contributed by atoms with Gasteiger partial charge in [0.1, 0.15) is 12.2 Å². The zero-order valence-electron chi connectivity index (χ0n) is 16.1. The van der Waals surface area contributed by atoms with Gasteiger partial charge in [-0.3, -0.25) is 4.79 Å². The van der Waals surface area contributed by atoms with Crippen molar-refractivity contribution in [3.8, 4) is 5.69 Å². The molecule has 28 heavy (non-hydrogen) atoms. The molecule has 8 heteroatoms. The van der Waals surface area contributed by atoms with Gasteiger partial charge in [0.25, 0.3) is 5.91 Å². The van der Waals surface area contributed by atoms with Crippen LogP contribution < -0.4 is 0 Å². The van der Waals surface area contributed by atoms with Crippen molar-refractivity contribution in [3.63, 3.8) is 0 Å². The van der Waals surface area contributed by atoms with Crippen LogP contribution in [0.25, 0.3) is 5.69 Å². The van der Waals surface area contributed by atoms with Gasteiger partial charge in [-0.25, -0.2) is 9.67 Å². The molecule has 1 aromatic carbocycles. The van der Waals surface area contributed by atoms with Gasteiger partial charge in [-0.15, -0.1) is 5.10 Å². The van der Waals surface area contributed by atoms with Gasteiger partial charge in [0.05, 0.1) is 5.69 Å². The van der Waals surface area contributed by atoms with Crippen LogP contribution in [0, 0.1) is 0 Å². The van der Waals surface area contributed by atoms with Crippen LogP contribution in [0.15, 0.2) is 43.0 Å². The van der Waals surface area contributed by atoms with Gasteiger partial charge >= 0.3 is 0 Å². The molecular weight excluding hydrogens is 354 g/mol. The van der Waals surface area contributed by atoms with Gasteiger partial charge in [0, 0.05) is 43.5 Å². The smallest absolute Gasteiger partial charge is 0.253 e. The molecule has 0 aliphatic carbocycles. The van der Waals surface area contributed by atoms with Gasteiger partial charge in [-0.2, -0.15) is 0 Å². The number of imidazole rings is 1. The summed E-state index contributed by atoms with van der Waals surface area (Å²) < 4.78 is 3.82. The number of nitrogens with zero attached hydrogens (tertiary/aromatic N) is 7. The van der Waals surface area contributed by atoms with E-state index in [-0.39, 0.29) is 5.91 Å². The summed E-state index contributed by atoms with van der Waals surface area (Å²) >= 11 is 0. The molecule has 8 nitrogen and oxygen atoms in total. The van der Waals surface area contributed by atoms with Crippen LogP contribution in [-0.4, -0.2) is 53.7 Å². The second kappa shape index (κ2) is 8.33. The Morgan fingerprint density at radius 2 is 2.11 bits per heavy atom. The summed E-state index contributed by atoms with van der Waals surface area (Å²) in [5.41, 5.74) is 1.52. The molecule has 1 atom stereocenters. The molecular formula is C20H25N7O. The maximum atomic E-state index is 13.0. The van der Waals surface area contributed by atoms with Gasteiger partial charge in [0.2, 0.25) is 0 Å². The highest BCUT2D eigenvalue weighted by Crippen LogP contribution is 2.27. The van der Waals surface area contributed by atoms with E-state index in [1.54, 1.807) is 4.68 Å². The molecule has 3 heterocycles. The Balaban J connectivity index is 1.45. The lowest BCUT2D eigenvalue weighted by molar-refractivity contribution is 0.0703. The van der Waals surface area contributed by atoms with Crippen LogP contribution in [0.4, 0.5) is 0 Å². The van der Waals surface area contributed by atoms with Crippen LogP contribution in [-0.2, 0) is 6.54 Å². The van der Waals surface area contributed by atoms with Crippen molar-refractivity contribution in [2.24, 2.45) is 0 Å². The SMILES string of the molecule is CCCCn1ccnc1[C@@H]1CCCN(C(=O)c2ccc(-n3cnnn3)cc2)C1. The van der Waals surface area contributed by atoms with Crippen molar-refractivity contribution >= 4 is 5.91 Å². The maximum absolute atomic E-state index is 13.0. The Morgan fingerprint density at radius 3 is 2.86 bits per heavy atom. The highest BCUT2D eigenvalue weighted by Gasteiger charge is 2.28. The van der Waals surface area contributed by atoms with E-state index >= 15 is 0 Å². The van der Waals surface area contributed by atoms with Crippen molar-refractivity contribution in [1.82, 2.24) is 34.7 Å². The van der Waals surface area contributed by atoms with Crippen LogP contribution in [0.1, 0.15) is 54.7 Å². The minimum atomic E-state index is 0.0691. The number of likely N-dealkylation sites (tertiary alicyclic amines) is 1. The fraction of sp³-hybridized carbons (Fsp3) is 0.450. The van der Waals surface area contributed by atoms with Gasteiger partial charge in [-0.1, -0.05) is 13.3 Å². The molecule has 1 fully saturated rings. The number of tetrazole rings is 1. The first-order chi connectivity index (χ1) is 13.8. The van der Waals surface area contributed by atoms with Crippen LogP contribution in [0.5, 0.6) is 0 Å². The number of carbonyl (C=O) groups is 1. The average Bonchev–Trinajstić information content (AvgIpc) is 3.44. The number of hydrogen-bond donors (Lipinski definition) is 0. The number of aryl methyl sites for hydroxylation is 1. The van der Waals surface area contributed by atoms with E-state index in [0.29, 0.717) is 11.5 Å². The lowest BCUT2D eigenvalue weighted by atomic mass is 9.96. The van der Waals surface area contributed by atoms with Gasteiger partial charge < -0.3 is 9.47 Å². The van der Waals surface area contributed by atoms with Crippen molar-refractivity contribution in [3.05, 3.63) is 54.4 Å². The molecule has 146 valence electrons. The molecule has 0 N–H and O–H groups in total. The second-order valence-electron chi connectivity index (χ2n) is 7.22. The summed E-state index contributed by atoms with van der Waals surface area (Å²) in [7, 11) is 0. The zero-order chi connectivity index (χ0) is 19.3. The molecule has 1 amide bonds. The number of rotatable bonds is 6. The van der Waals surface area contributed by atoms with Crippen molar-refractivity contribution in [1.29, 1.82) is 0 Å². The highest BCUT2D eigenvalue weighted by atomic mass is 16.2. The Kier molecular flexibility index (Phi) is 5.45. The van der Waals surface area contributed by atoms with Crippen LogP contribution in [0.3, 0.4) is 0 Å². The molecule has 0 unspecified atom stereocenters. The third-order valence-corrected chi connectivity index (χ3v) is 5.30. The standard InChI is InChI=1S/C20H25N7O/c1-2-3-11-25-13-10-21-19(25)17-5-4-12-26(14-17)20(28)16-6-8-18(9-7-16)27-15-22-23-24-27/h6-10,13,15,17H,2-5,11-12,14H2,1H3/t17-/m1/s1. The third-order valence-electron chi connectivity index (χ3n) is 5.30.